The van der Waals surface area contributed by atoms with Gasteiger partial charge in [0.05, 0.1) is 0 Å². The van der Waals surface area contributed by atoms with E-state index < -0.39 is 0 Å². The average Bonchev–Trinajstić information content (AvgIpc) is 3.33. The summed E-state index contributed by atoms with van der Waals surface area (Å²) >= 11 is 1.74. The van der Waals surface area contributed by atoms with E-state index >= 15 is 0 Å². The van der Waals surface area contributed by atoms with Gasteiger partial charge in [0.25, 0.3) is 0 Å². The second kappa shape index (κ2) is 15.9. The summed E-state index contributed by atoms with van der Waals surface area (Å²) < 4.78 is 0. The molecule has 0 nitrogen and oxygen atoms in total. The van der Waals surface area contributed by atoms with Crippen LogP contribution in [0.25, 0.3) is 21.9 Å². The largest absolute Gasteiger partial charge is 0.165 e. The van der Waals surface area contributed by atoms with Gasteiger partial charge in [0.1, 0.15) is 0 Å². The van der Waals surface area contributed by atoms with E-state index in [0.29, 0.717) is 0 Å². The van der Waals surface area contributed by atoms with Gasteiger partial charge in [-0.3, -0.25) is 6.08 Å². The summed E-state index contributed by atoms with van der Waals surface area (Å²) in [5.74, 6) is 0. The molecular formula is C27H34Cl2SiZr. The number of allylic oxidation sites excluding steroid dienone is 4. The Morgan fingerprint density at radius 3 is 2.16 bits per heavy atom. The summed E-state index contributed by atoms with van der Waals surface area (Å²) in [6.45, 7) is 11.2. The van der Waals surface area contributed by atoms with Crippen LogP contribution in [0.5, 0.6) is 0 Å². The van der Waals surface area contributed by atoms with Gasteiger partial charge in [-0.1, -0.05) is 75.6 Å². The minimum absolute atomic E-state index is 0. The third kappa shape index (κ3) is 9.70. The Bertz CT molecular complexity index is 997. The summed E-state index contributed by atoms with van der Waals surface area (Å²) in [4.78, 5) is 0. The van der Waals surface area contributed by atoms with Crippen LogP contribution in [0.2, 0.25) is 13.1 Å². The van der Waals surface area contributed by atoms with Crippen molar-refractivity contribution in [3.8, 4) is 11.1 Å². The summed E-state index contributed by atoms with van der Waals surface area (Å²) in [5, 5.41) is 2.69. The van der Waals surface area contributed by atoms with Crippen molar-refractivity contribution in [1.82, 2.24) is 0 Å². The van der Waals surface area contributed by atoms with Gasteiger partial charge < -0.3 is 0 Å². The molecule has 0 radical (unpaired) electrons. The molecule has 0 unspecified atom stereocenters. The topological polar surface area (TPSA) is 0 Å². The van der Waals surface area contributed by atoms with Gasteiger partial charge in [-0.2, -0.15) is 17.2 Å². The zero-order valence-electron chi connectivity index (χ0n) is 19.3. The van der Waals surface area contributed by atoms with Crippen LogP contribution in [0, 0.1) is 13.0 Å². The number of aryl methyl sites for hydroxylation is 1. The summed E-state index contributed by atoms with van der Waals surface area (Å²) in [6.07, 6.45) is 8.82. The van der Waals surface area contributed by atoms with Crippen LogP contribution in [0.15, 0.2) is 77.9 Å². The quantitative estimate of drug-likeness (QED) is 0.226. The number of hydrogen-bond acceptors (Lipinski definition) is 0. The van der Waals surface area contributed by atoms with Crippen molar-refractivity contribution in [1.29, 1.82) is 0 Å². The average molecular weight is 549 g/mol. The van der Waals surface area contributed by atoms with Crippen LogP contribution in [-0.2, 0) is 23.3 Å². The fourth-order valence-electron chi connectivity index (χ4n) is 3.47. The monoisotopic (exact) mass is 546 g/mol. The Hall–Kier alpha value is -0.790. The van der Waals surface area contributed by atoms with E-state index in [1.807, 2.05) is 0 Å². The third-order valence-corrected chi connectivity index (χ3v) is 4.83. The van der Waals surface area contributed by atoms with Gasteiger partial charge in [-0.15, -0.1) is 65.8 Å². The number of fused-ring (bicyclic) bond motifs is 1. The molecule has 0 aliphatic heterocycles. The van der Waals surface area contributed by atoms with Crippen LogP contribution < -0.4 is 0 Å². The maximum atomic E-state index is 3.23. The minimum atomic E-state index is 0. The van der Waals surface area contributed by atoms with Crippen molar-refractivity contribution in [3.05, 3.63) is 89.5 Å². The molecule has 1 aliphatic carbocycles. The number of halogens is 2. The summed E-state index contributed by atoms with van der Waals surface area (Å²) in [5.41, 5.74) is 7.25. The predicted molar refractivity (Wildman–Crippen MR) is 142 cm³/mol. The third-order valence-electron chi connectivity index (χ3n) is 4.83. The molecule has 0 N–H and O–H groups in total. The van der Waals surface area contributed by atoms with Crippen LogP contribution in [0.1, 0.15) is 38.7 Å². The fourth-order valence-corrected chi connectivity index (χ4v) is 3.47. The first-order valence-corrected chi connectivity index (χ1v) is 16.7. The minimum Gasteiger partial charge on any atom is -0.165 e. The van der Waals surface area contributed by atoms with Crippen LogP contribution >= 0.6 is 24.8 Å². The number of rotatable bonds is 3. The zero-order chi connectivity index (χ0) is 21.2. The van der Waals surface area contributed by atoms with E-state index in [1.165, 1.54) is 45.9 Å². The molecule has 0 saturated heterocycles. The van der Waals surface area contributed by atoms with Crippen molar-refractivity contribution in [2.45, 2.75) is 53.1 Å². The van der Waals surface area contributed by atoms with Crippen molar-refractivity contribution >= 4 is 41.0 Å². The molecule has 3 aromatic carbocycles. The van der Waals surface area contributed by atoms with Gasteiger partial charge in [-0.05, 0) is 5.56 Å². The van der Waals surface area contributed by atoms with Gasteiger partial charge >= 0.3 is 41.9 Å². The van der Waals surface area contributed by atoms with E-state index in [9.17, 15) is 0 Å². The molecule has 0 amide bonds. The number of benzene rings is 2. The summed E-state index contributed by atoms with van der Waals surface area (Å²) in [7, 11) is 0. The van der Waals surface area contributed by atoms with E-state index in [-0.39, 0.29) is 30.2 Å². The van der Waals surface area contributed by atoms with E-state index in [2.05, 4.69) is 107 Å². The SMILES string of the molecule is CCC1=C(CC)C[C-]=C1.C[Si](C)=[Zr+2].Cc1cc2c(-c3ccccc3)cccc2[cH-]1.Cl.Cl. The van der Waals surface area contributed by atoms with E-state index in [0.717, 1.165) is 6.42 Å². The van der Waals surface area contributed by atoms with Crippen LogP contribution in [0.4, 0.5) is 0 Å². The first-order chi connectivity index (χ1) is 14.0. The smallest absolute Gasteiger partial charge is 0.0279 e. The molecule has 0 heterocycles. The molecule has 4 heteroatoms. The Morgan fingerprint density at radius 2 is 1.61 bits per heavy atom. The molecule has 0 bridgehead atoms. The Labute approximate surface area is 216 Å². The molecule has 1 aliphatic rings. The molecular weight excluding hydrogens is 515 g/mol. The van der Waals surface area contributed by atoms with Gasteiger partial charge in [0.2, 0.25) is 0 Å². The molecule has 0 aromatic heterocycles. The van der Waals surface area contributed by atoms with E-state index in [1.54, 1.807) is 28.9 Å². The molecule has 3 aromatic rings. The second-order valence-electron chi connectivity index (χ2n) is 7.57. The molecule has 31 heavy (non-hydrogen) atoms. The number of hydrogen-bond donors (Lipinski definition) is 0. The summed E-state index contributed by atoms with van der Waals surface area (Å²) in [6, 6.07) is 21.6. The molecule has 0 fully saturated rings. The molecule has 0 saturated carbocycles. The van der Waals surface area contributed by atoms with Crippen LogP contribution in [0.3, 0.4) is 0 Å². The maximum Gasteiger partial charge on any atom is -0.0279 e. The fraction of sp³-hybridized carbons (Fsp3) is 0.296. The van der Waals surface area contributed by atoms with Gasteiger partial charge in [0, 0.05) is 0 Å². The first kappa shape index (κ1) is 30.2. The van der Waals surface area contributed by atoms with Gasteiger partial charge in [0.15, 0.2) is 0 Å². The molecule has 0 spiro atoms. The molecule has 0 atom stereocenters. The van der Waals surface area contributed by atoms with E-state index in [4.69, 9.17) is 0 Å². The van der Waals surface area contributed by atoms with Crippen molar-refractivity contribution in [2.75, 3.05) is 0 Å². The second-order valence-corrected chi connectivity index (χ2v) is 16.9. The molecule has 4 rings (SSSR count). The Balaban J connectivity index is 0.000000516. The Morgan fingerprint density at radius 1 is 0.968 bits per heavy atom. The predicted octanol–water partition coefficient (Wildman–Crippen LogP) is 9.03. The van der Waals surface area contributed by atoms with Crippen molar-refractivity contribution in [3.63, 3.8) is 0 Å². The zero-order valence-corrected chi connectivity index (χ0v) is 24.4. The van der Waals surface area contributed by atoms with Crippen molar-refractivity contribution < 1.29 is 23.3 Å². The Kier molecular flexibility index (Phi) is 15.5. The molecule has 164 valence electrons. The standard InChI is InChI=1S/C16H13.C9H13.C2H6Si.2ClH.Zr/c1-12-10-14-8-5-9-15(16(14)11-12)13-6-3-2-4-7-13;1-3-8-6-5-7-9(8)4-2;1-3-2;;;/h2-11H,1H3;6H,3-4,7H2,1-2H3;1-2H3;2*1H;/q2*-1;;;;+2. The van der Waals surface area contributed by atoms with Crippen LogP contribution in [-0.4, -0.2) is 5.43 Å². The van der Waals surface area contributed by atoms with Gasteiger partial charge in [-0.25, -0.2) is 6.08 Å². The maximum absolute atomic E-state index is 3.23. The first-order valence-electron chi connectivity index (χ1n) is 10.5. The normalized spacial score (nSPS) is 11.6. The van der Waals surface area contributed by atoms with Crippen molar-refractivity contribution in [2.24, 2.45) is 0 Å².